The molecule has 0 N–H and O–H groups in total. The van der Waals surface area contributed by atoms with E-state index in [1.165, 1.54) is 16.8 Å². The maximum Gasteiger partial charge on any atom is 0.246 e. The van der Waals surface area contributed by atoms with E-state index in [1.54, 1.807) is 13.8 Å². The molecule has 3 rings (SSSR count). The van der Waals surface area contributed by atoms with Gasteiger partial charge in [0.05, 0.1) is 0 Å². The highest BCUT2D eigenvalue weighted by Gasteiger charge is 2.35. The Hall–Kier alpha value is -2.21. The topological polar surface area (TPSA) is 32.7 Å². The van der Waals surface area contributed by atoms with Crippen molar-refractivity contribution in [2.24, 2.45) is 11.0 Å². The number of amides is 1. The van der Waals surface area contributed by atoms with E-state index >= 15 is 0 Å². The molecule has 0 saturated carbocycles. The van der Waals surface area contributed by atoms with Crippen LogP contribution in [-0.2, 0) is 4.79 Å². The van der Waals surface area contributed by atoms with Gasteiger partial charge in [0.25, 0.3) is 0 Å². The summed E-state index contributed by atoms with van der Waals surface area (Å²) < 4.78 is 27.6. The van der Waals surface area contributed by atoms with E-state index in [2.05, 4.69) is 5.10 Å². The van der Waals surface area contributed by atoms with Crippen molar-refractivity contribution in [3.63, 3.8) is 0 Å². The van der Waals surface area contributed by atoms with Gasteiger partial charge in [-0.3, -0.25) is 4.79 Å². The Morgan fingerprint density at radius 3 is 2.54 bits per heavy atom. The molecule has 3 nitrogen and oxygen atoms in total. The van der Waals surface area contributed by atoms with Crippen molar-refractivity contribution in [2.75, 3.05) is 0 Å². The zero-order chi connectivity index (χ0) is 17.3. The van der Waals surface area contributed by atoms with Gasteiger partial charge in [0.15, 0.2) is 0 Å². The van der Waals surface area contributed by atoms with Gasteiger partial charge in [0.2, 0.25) is 5.91 Å². The lowest BCUT2D eigenvalue weighted by atomic mass is 10.1. The summed E-state index contributed by atoms with van der Waals surface area (Å²) >= 11 is 1.24. The number of carbonyl (C=O) groups is 1. The average Bonchev–Trinajstić information content (AvgIpc) is 3.02. The molecule has 1 aliphatic rings. The van der Waals surface area contributed by atoms with Crippen LogP contribution in [0.3, 0.4) is 0 Å². The van der Waals surface area contributed by atoms with Crippen LogP contribution in [-0.4, -0.2) is 16.0 Å². The van der Waals surface area contributed by atoms with E-state index < -0.39 is 17.0 Å². The van der Waals surface area contributed by atoms with Crippen LogP contribution in [0.1, 0.15) is 30.3 Å². The third kappa shape index (κ3) is 3.19. The molecule has 0 saturated heterocycles. The van der Waals surface area contributed by atoms with Crippen LogP contribution < -0.4 is 0 Å². The summed E-state index contributed by atoms with van der Waals surface area (Å²) in [7, 11) is 0. The van der Waals surface area contributed by atoms with Crippen LogP contribution in [0.2, 0.25) is 0 Å². The molecule has 0 radical (unpaired) electrons. The highest BCUT2D eigenvalue weighted by Crippen LogP contribution is 2.42. The van der Waals surface area contributed by atoms with Crippen molar-refractivity contribution in [3.05, 3.63) is 71.3 Å². The van der Waals surface area contributed by atoms with Gasteiger partial charge in [0.1, 0.15) is 22.1 Å². The Morgan fingerprint density at radius 2 is 1.88 bits per heavy atom. The third-order valence-corrected chi connectivity index (χ3v) is 4.83. The highest BCUT2D eigenvalue weighted by molar-refractivity contribution is 8.14. The standard InChI is InChI=1S/C18H16F2N2OS/c1-11(2)17(23)22-18(12-6-4-3-5-7-12)24-16(21-22)14-10-13(19)8-9-15(14)20/h3-11,18H,1-2H3. The minimum absolute atomic E-state index is 0.0694. The largest absolute Gasteiger partial charge is 0.273 e. The molecule has 124 valence electrons. The molecule has 1 aliphatic heterocycles. The van der Waals surface area contributed by atoms with Crippen molar-refractivity contribution in [1.29, 1.82) is 0 Å². The molecule has 2 aromatic carbocycles. The summed E-state index contributed by atoms with van der Waals surface area (Å²) in [5.74, 6) is -1.52. The number of halogens is 2. The number of benzene rings is 2. The fourth-order valence-corrected chi connectivity index (χ4v) is 3.54. The summed E-state index contributed by atoms with van der Waals surface area (Å²) in [6.07, 6.45) is 0. The summed E-state index contributed by atoms with van der Waals surface area (Å²) in [6, 6.07) is 12.6. The first-order chi connectivity index (χ1) is 11.5. The molecule has 2 aromatic rings. The smallest absolute Gasteiger partial charge is 0.246 e. The van der Waals surface area contributed by atoms with Gasteiger partial charge >= 0.3 is 0 Å². The number of thioether (sulfide) groups is 1. The first kappa shape index (κ1) is 16.6. The Balaban J connectivity index is 2.02. The molecule has 1 amide bonds. The number of hydrogen-bond acceptors (Lipinski definition) is 3. The van der Waals surface area contributed by atoms with Crippen molar-refractivity contribution in [1.82, 2.24) is 5.01 Å². The zero-order valence-corrected chi connectivity index (χ0v) is 14.1. The van der Waals surface area contributed by atoms with E-state index in [1.807, 2.05) is 30.3 Å². The molecule has 0 aromatic heterocycles. The predicted molar refractivity (Wildman–Crippen MR) is 91.4 cm³/mol. The van der Waals surface area contributed by atoms with Crippen LogP contribution in [0.4, 0.5) is 8.78 Å². The normalized spacial score (nSPS) is 17.3. The second-order valence-electron chi connectivity index (χ2n) is 5.75. The van der Waals surface area contributed by atoms with Gasteiger partial charge in [-0.2, -0.15) is 5.10 Å². The molecule has 0 spiro atoms. The first-order valence-electron chi connectivity index (χ1n) is 7.56. The molecule has 1 unspecified atom stereocenters. The third-order valence-electron chi connectivity index (χ3n) is 3.61. The first-order valence-corrected chi connectivity index (χ1v) is 8.44. The van der Waals surface area contributed by atoms with Crippen LogP contribution in [0.15, 0.2) is 53.6 Å². The van der Waals surface area contributed by atoms with Crippen molar-refractivity contribution in [3.8, 4) is 0 Å². The number of hydrazone groups is 1. The fourth-order valence-electron chi connectivity index (χ4n) is 2.36. The predicted octanol–water partition coefficient (Wildman–Crippen LogP) is 4.56. The Bertz CT molecular complexity index is 793. The van der Waals surface area contributed by atoms with Crippen LogP contribution in [0.25, 0.3) is 0 Å². The van der Waals surface area contributed by atoms with E-state index in [4.69, 9.17) is 0 Å². The maximum atomic E-state index is 14.1. The second-order valence-corrected chi connectivity index (χ2v) is 6.82. The molecule has 6 heteroatoms. The Kier molecular flexibility index (Phi) is 4.66. The summed E-state index contributed by atoms with van der Waals surface area (Å²) in [5, 5.41) is 5.57. The molecule has 24 heavy (non-hydrogen) atoms. The highest BCUT2D eigenvalue weighted by atomic mass is 32.2. The number of nitrogens with zero attached hydrogens (tertiary/aromatic N) is 2. The van der Waals surface area contributed by atoms with Gasteiger partial charge in [-0.05, 0) is 23.8 Å². The summed E-state index contributed by atoms with van der Waals surface area (Å²) in [4.78, 5) is 12.5. The number of hydrogen-bond donors (Lipinski definition) is 0. The number of carbonyl (C=O) groups excluding carboxylic acids is 1. The zero-order valence-electron chi connectivity index (χ0n) is 13.2. The summed E-state index contributed by atoms with van der Waals surface area (Å²) in [6.45, 7) is 3.57. The molecule has 0 bridgehead atoms. The average molecular weight is 346 g/mol. The fraction of sp³-hybridized carbons (Fsp3) is 0.222. The van der Waals surface area contributed by atoms with E-state index in [9.17, 15) is 13.6 Å². The maximum absolute atomic E-state index is 14.1. The lowest BCUT2D eigenvalue weighted by Gasteiger charge is -2.22. The molecular formula is C18H16F2N2OS. The Morgan fingerprint density at radius 1 is 1.17 bits per heavy atom. The SMILES string of the molecule is CC(C)C(=O)N1N=C(c2cc(F)ccc2F)SC1c1ccccc1. The van der Waals surface area contributed by atoms with Gasteiger partial charge in [-0.15, -0.1) is 0 Å². The van der Waals surface area contributed by atoms with E-state index in [0.717, 1.165) is 23.8 Å². The minimum atomic E-state index is -0.562. The molecule has 0 fully saturated rings. The minimum Gasteiger partial charge on any atom is -0.273 e. The Labute approximate surface area is 143 Å². The monoisotopic (exact) mass is 346 g/mol. The van der Waals surface area contributed by atoms with Crippen LogP contribution in [0, 0.1) is 17.6 Å². The van der Waals surface area contributed by atoms with Crippen molar-refractivity contribution in [2.45, 2.75) is 19.2 Å². The quantitative estimate of drug-likeness (QED) is 0.816. The van der Waals surface area contributed by atoms with Gasteiger partial charge in [-0.25, -0.2) is 13.8 Å². The second kappa shape index (κ2) is 6.73. The lowest BCUT2D eigenvalue weighted by Crippen LogP contribution is -2.29. The van der Waals surface area contributed by atoms with Crippen LogP contribution in [0.5, 0.6) is 0 Å². The lowest BCUT2D eigenvalue weighted by molar-refractivity contribution is -0.135. The summed E-state index contributed by atoms with van der Waals surface area (Å²) in [5.41, 5.74) is 0.951. The van der Waals surface area contributed by atoms with Crippen LogP contribution >= 0.6 is 11.8 Å². The molecule has 1 heterocycles. The molecular weight excluding hydrogens is 330 g/mol. The molecule has 1 atom stereocenters. The van der Waals surface area contributed by atoms with Gasteiger partial charge in [-0.1, -0.05) is 55.9 Å². The van der Waals surface area contributed by atoms with E-state index in [0.29, 0.717) is 5.04 Å². The van der Waals surface area contributed by atoms with Crippen molar-refractivity contribution < 1.29 is 13.6 Å². The number of rotatable bonds is 3. The van der Waals surface area contributed by atoms with E-state index in [-0.39, 0.29) is 17.4 Å². The van der Waals surface area contributed by atoms with Gasteiger partial charge < -0.3 is 0 Å². The van der Waals surface area contributed by atoms with Crippen molar-refractivity contribution >= 4 is 22.7 Å². The van der Waals surface area contributed by atoms with Gasteiger partial charge in [0, 0.05) is 11.5 Å². The molecule has 0 aliphatic carbocycles.